The molecule has 0 saturated heterocycles. The number of benzene rings is 2. The first kappa shape index (κ1) is 23.6. The predicted octanol–water partition coefficient (Wildman–Crippen LogP) is 3.27. The Morgan fingerprint density at radius 3 is 2.23 bits per heavy atom. The summed E-state index contributed by atoms with van der Waals surface area (Å²) >= 11 is 0. The van der Waals surface area contributed by atoms with Crippen molar-refractivity contribution in [3.05, 3.63) is 88.4 Å². The first-order valence-electron chi connectivity index (χ1n) is 10.8. The molecule has 2 aromatic carbocycles. The van der Waals surface area contributed by atoms with E-state index in [0.29, 0.717) is 12.2 Å². The third-order valence-electron chi connectivity index (χ3n) is 5.34. The first-order valence-corrected chi connectivity index (χ1v) is 10.8. The van der Waals surface area contributed by atoms with Crippen LogP contribution in [-0.2, 0) is 20.7 Å². The van der Waals surface area contributed by atoms with Crippen LogP contribution in [0.4, 0.5) is 0 Å². The largest absolute Gasteiger partial charge is 0.490 e. The molecule has 0 unspecified atom stereocenters. The maximum atomic E-state index is 12.6. The molecule has 0 radical (unpaired) electrons. The number of Topliss-reactive ketones (excluding diaryl/α,β-unsaturated/α-hetero) is 1. The molecule has 0 bridgehead atoms. The maximum absolute atomic E-state index is 12.6. The molecule has 0 spiro atoms. The molecule has 35 heavy (non-hydrogen) atoms. The Balaban J connectivity index is 1.26. The van der Waals surface area contributed by atoms with Crippen LogP contribution in [0.3, 0.4) is 0 Å². The van der Waals surface area contributed by atoms with Crippen LogP contribution in [0.15, 0.2) is 59.0 Å². The van der Waals surface area contributed by atoms with Crippen molar-refractivity contribution < 1.29 is 43.0 Å². The average molecular weight is 476 g/mol. The van der Waals surface area contributed by atoms with Gasteiger partial charge in [0, 0.05) is 17.5 Å². The van der Waals surface area contributed by atoms with Crippen molar-refractivity contribution in [2.24, 2.45) is 0 Å². The van der Waals surface area contributed by atoms with Crippen molar-refractivity contribution in [3.8, 4) is 5.75 Å². The number of furan rings is 1. The summed E-state index contributed by atoms with van der Waals surface area (Å²) in [6.45, 7) is -0.0570. The van der Waals surface area contributed by atoms with Gasteiger partial charge in [-0.1, -0.05) is 36.4 Å². The predicted molar refractivity (Wildman–Crippen MR) is 120 cm³/mol. The van der Waals surface area contributed by atoms with Crippen molar-refractivity contribution in [2.45, 2.75) is 19.3 Å². The number of ether oxygens (including phenoxy) is 2. The quantitative estimate of drug-likeness (QED) is 0.158. The van der Waals surface area contributed by atoms with Crippen LogP contribution >= 0.6 is 0 Å². The fourth-order valence-corrected chi connectivity index (χ4v) is 3.60. The molecule has 9 heteroatoms. The minimum Gasteiger partial charge on any atom is -0.490 e. The van der Waals surface area contributed by atoms with Crippen LogP contribution in [0.25, 0.3) is 0 Å². The molecule has 1 aliphatic carbocycles. The zero-order chi connectivity index (χ0) is 24.9. The van der Waals surface area contributed by atoms with E-state index in [9.17, 15) is 24.0 Å². The number of ketones is 3. The van der Waals surface area contributed by atoms with Gasteiger partial charge in [-0.25, -0.2) is 0 Å². The van der Waals surface area contributed by atoms with Gasteiger partial charge < -0.3 is 19.0 Å². The molecule has 1 heterocycles. The maximum Gasteiger partial charge on any atom is 0.313 e. The number of esters is 1. The number of carboxylic acids is 1. The fraction of sp³-hybridized carbons (Fsp3) is 0.192. The number of aliphatic carboxylic acids is 1. The number of hydrogen-bond acceptors (Lipinski definition) is 8. The Hall–Kier alpha value is -4.53. The second kappa shape index (κ2) is 10.2. The van der Waals surface area contributed by atoms with E-state index in [2.05, 4.69) is 0 Å². The summed E-state index contributed by atoms with van der Waals surface area (Å²) in [5.74, 6) is -3.27. The van der Waals surface area contributed by atoms with E-state index in [1.54, 1.807) is 36.4 Å². The lowest BCUT2D eigenvalue weighted by Gasteiger charge is -2.11. The van der Waals surface area contributed by atoms with Gasteiger partial charge in [0.25, 0.3) is 0 Å². The number of carbonyl (C=O) groups is 5. The Morgan fingerprint density at radius 2 is 1.54 bits per heavy atom. The number of rotatable bonds is 10. The molecule has 3 aromatic rings. The van der Waals surface area contributed by atoms with Gasteiger partial charge in [0.15, 0.2) is 17.3 Å². The van der Waals surface area contributed by atoms with Gasteiger partial charge in [-0.15, -0.1) is 0 Å². The molecule has 1 aliphatic rings. The Labute approximate surface area is 199 Å². The Kier molecular flexibility index (Phi) is 6.86. The number of carbonyl (C=O) groups excluding carboxylic acids is 4. The lowest BCUT2D eigenvalue weighted by Crippen LogP contribution is -2.18. The second-order valence-corrected chi connectivity index (χ2v) is 7.76. The lowest BCUT2D eigenvalue weighted by atomic mass is 9.88. The van der Waals surface area contributed by atoms with E-state index in [1.807, 2.05) is 0 Å². The highest BCUT2D eigenvalue weighted by atomic mass is 16.6. The van der Waals surface area contributed by atoms with Crippen molar-refractivity contribution in [1.82, 2.24) is 0 Å². The van der Waals surface area contributed by atoms with Gasteiger partial charge in [0.1, 0.15) is 25.4 Å². The van der Waals surface area contributed by atoms with Crippen molar-refractivity contribution >= 4 is 29.3 Å². The van der Waals surface area contributed by atoms with E-state index < -0.39 is 35.7 Å². The highest BCUT2D eigenvalue weighted by Crippen LogP contribution is 2.30. The van der Waals surface area contributed by atoms with E-state index in [4.69, 9.17) is 19.0 Å². The second-order valence-electron chi connectivity index (χ2n) is 7.76. The molecule has 1 aromatic heterocycles. The third-order valence-corrected chi connectivity index (χ3v) is 5.34. The zero-order valence-corrected chi connectivity index (χ0v) is 18.4. The summed E-state index contributed by atoms with van der Waals surface area (Å²) < 4.78 is 15.8. The van der Waals surface area contributed by atoms with Crippen LogP contribution < -0.4 is 4.74 Å². The number of fused-ring (bicyclic) bond motifs is 2. The summed E-state index contributed by atoms with van der Waals surface area (Å²) in [5.41, 5.74) is 1.29. The Morgan fingerprint density at radius 1 is 0.857 bits per heavy atom. The van der Waals surface area contributed by atoms with Gasteiger partial charge in [-0.3, -0.25) is 24.0 Å². The molecule has 0 aliphatic heterocycles. The number of aryl methyl sites for hydroxylation is 1. The molecular formula is C26H20O9. The summed E-state index contributed by atoms with van der Waals surface area (Å²) in [5, 5.41) is 8.71. The molecule has 0 fully saturated rings. The SMILES string of the molecule is O=C(O)CCc1ccc(OCCOC(=O)CC(=O)c2cc3c(o2)C(=O)c2ccccc2C3=O)cc1. The minimum absolute atomic E-state index is 0.00667. The minimum atomic E-state index is -0.871. The highest BCUT2D eigenvalue weighted by molar-refractivity contribution is 6.28. The molecule has 0 atom stereocenters. The highest BCUT2D eigenvalue weighted by Gasteiger charge is 2.34. The van der Waals surface area contributed by atoms with Crippen LogP contribution in [0.1, 0.15) is 61.0 Å². The average Bonchev–Trinajstić information content (AvgIpc) is 3.31. The summed E-state index contributed by atoms with van der Waals surface area (Å²) in [6, 6.07) is 14.4. The van der Waals surface area contributed by atoms with Crippen molar-refractivity contribution in [3.63, 3.8) is 0 Å². The van der Waals surface area contributed by atoms with E-state index in [0.717, 1.165) is 5.56 Å². The topological polar surface area (TPSA) is 137 Å². The van der Waals surface area contributed by atoms with Gasteiger partial charge in [0.2, 0.25) is 11.6 Å². The smallest absolute Gasteiger partial charge is 0.313 e. The van der Waals surface area contributed by atoms with Crippen LogP contribution in [0.2, 0.25) is 0 Å². The molecule has 0 saturated carbocycles. The summed E-state index contributed by atoms with van der Waals surface area (Å²) in [4.78, 5) is 60.3. The molecule has 178 valence electrons. The van der Waals surface area contributed by atoms with Crippen molar-refractivity contribution in [2.75, 3.05) is 13.2 Å². The molecule has 1 N–H and O–H groups in total. The van der Waals surface area contributed by atoms with Crippen LogP contribution in [0, 0.1) is 0 Å². The number of hydrogen-bond donors (Lipinski definition) is 1. The van der Waals surface area contributed by atoms with Gasteiger partial charge in [0.05, 0.1) is 5.56 Å². The van der Waals surface area contributed by atoms with Gasteiger partial charge >= 0.3 is 11.9 Å². The lowest BCUT2D eigenvalue weighted by molar-refractivity contribution is -0.143. The Bertz CT molecular complexity index is 1260. The summed E-state index contributed by atoms with van der Waals surface area (Å²) in [7, 11) is 0. The van der Waals surface area contributed by atoms with E-state index in [-0.39, 0.29) is 47.8 Å². The third kappa shape index (κ3) is 5.35. The molecule has 9 nitrogen and oxygen atoms in total. The molecule has 0 amide bonds. The molecule has 4 rings (SSSR count). The fourth-order valence-electron chi connectivity index (χ4n) is 3.60. The first-order chi connectivity index (χ1) is 16.8. The van der Waals surface area contributed by atoms with Gasteiger partial charge in [-0.2, -0.15) is 0 Å². The normalized spacial score (nSPS) is 12.0. The van der Waals surface area contributed by atoms with Gasteiger partial charge in [-0.05, 0) is 30.2 Å². The zero-order valence-electron chi connectivity index (χ0n) is 18.4. The van der Waals surface area contributed by atoms with E-state index >= 15 is 0 Å². The van der Waals surface area contributed by atoms with Crippen LogP contribution in [-0.4, -0.2) is 47.6 Å². The molecular weight excluding hydrogens is 456 g/mol. The van der Waals surface area contributed by atoms with Crippen molar-refractivity contribution in [1.29, 1.82) is 0 Å². The standard InChI is InChI=1S/C26H20O9/c27-20(21-13-19-24(31)17-3-1-2-4-18(17)25(32)26(19)35-21)14-23(30)34-12-11-33-16-8-5-15(6-9-16)7-10-22(28)29/h1-6,8-9,13H,7,10-12,14H2,(H,28,29). The monoisotopic (exact) mass is 476 g/mol. The number of carboxylic acid groups (broad SMARTS) is 1. The van der Waals surface area contributed by atoms with Crippen LogP contribution in [0.5, 0.6) is 5.75 Å². The van der Waals surface area contributed by atoms with E-state index in [1.165, 1.54) is 18.2 Å². The summed E-state index contributed by atoms with van der Waals surface area (Å²) in [6.07, 6.45) is -0.176.